The Morgan fingerprint density at radius 2 is 1.70 bits per heavy atom. The molecule has 9 heteroatoms. The van der Waals surface area contributed by atoms with Crippen LogP contribution in [0.2, 0.25) is 0 Å². The zero-order chi connectivity index (χ0) is 24.5. The predicted molar refractivity (Wildman–Crippen MR) is 139 cm³/mol. The van der Waals surface area contributed by atoms with Crippen molar-refractivity contribution in [3.8, 4) is 11.8 Å². The van der Waals surface area contributed by atoms with Crippen molar-refractivity contribution in [2.24, 2.45) is 5.92 Å². The molecule has 0 aliphatic rings. The highest BCUT2D eigenvalue weighted by molar-refractivity contribution is 8.76. The Hall–Kier alpha value is -1.70. The Balaban J connectivity index is 2.14. The summed E-state index contributed by atoms with van der Waals surface area (Å²) in [5, 5.41) is 12.5. The monoisotopic (exact) mass is 494 g/mol. The molecule has 4 N–H and O–H groups in total. The summed E-state index contributed by atoms with van der Waals surface area (Å²) in [4.78, 5) is 24.9. The largest absolute Gasteiger partial charge is 0.370 e. The molecule has 7 nitrogen and oxygen atoms in total. The standard InChI is InChI=1S/C24H38N4O3S2/c1-18(2)7-6-12-27-23(29)17-31-16-15-26-20(5)32-33-22-10-8-21(9-11-22)24(30)28-14-13-25-19(3)4/h8-11,18-20,25-26H,12-17H2,1-5H3,(H,27,29)(H,28,30). The predicted octanol–water partition coefficient (Wildman–Crippen LogP) is 2.88. The maximum absolute atomic E-state index is 12.2. The summed E-state index contributed by atoms with van der Waals surface area (Å²) in [6.45, 7) is 13.1. The fourth-order valence-corrected chi connectivity index (χ4v) is 4.40. The third-order valence-electron chi connectivity index (χ3n) is 4.04. The number of hydrogen-bond acceptors (Lipinski definition) is 7. The smallest absolute Gasteiger partial charge is 0.251 e. The van der Waals surface area contributed by atoms with E-state index in [4.69, 9.17) is 4.74 Å². The number of carbonyl (C=O) groups excluding carboxylic acids is 2. The number of amides is 2. The van der Waals surface area contributed by atoms with Crippen molar-refractivity contribution in [1.82, 2.24) is 21.3 Å². The number of hydrogen-bond donors (Lipinski definition) is 4. The first kappa shape index (κ1) is 29.3. The Kier molecular flexibility index (Phi) is 15.8. The molecule has 0 radical (unpaired) electrons. The zero-order valence-corrected chi connectivity index (χ0v) is 22.0. The van der Waals surface area contributed by atoms with Crippen molar-refractivity contribution in [2.45, 2.75) is 50.9 Å². The third kappa shape index (κ3) is 15.7. The van der Waals surface area contributed by atoms with Gasteiger partial charge in [-0.2, -0.15) is 0 Å². The van der Waals surface area contributed by atoms with Crippen LogP contribution in [-0.2, 0) is 9.53 Å². The van der Waals surface area contributed by atoms with Crippen molar-refractivity contribution < 1.29 is 14.3 Å². The lowest BCUT2D eigenvalue weighted by atomic mass is 10.2. The fourth-order valence-electron chi connectivity index (χ4n) is 2.41. The van der Waals surface area contributed by atoms with Crippen molar-refractivity contribution >= 4 is 33.4 Å². The van der Waals surface area contributed by atoms with Gasteiger partial charge < -0.3 is 26.0 Å². The molecule has 1 aromatic carbocycles. The SMILES string of the molecule is CC(C)C#CCNC(=O)COCCNC(C)SSc1ccc(C(=O)NCCNC(C)C)cc1. The minimum atomic E-state index is -0.157. The number of rotatable bonds is 15. The third-order valence-corrected chi connectivity index (χ3v) is 6.79. The van der Waals surface area contributed by atoms with E-state index in [9.17, 15) is 9.59 Å². The van der Waals surface area contributed by atoms with Crippen molar-refractivity contribution in [1.29, 1.82) is 0 Å². The van der Waals surface area contributed by atoms with Gasteiger partial charge in [0.25, 0.3) is 5.91 Å². The van der Waals surface area contributed by atoms with E-state index in [1.165, 1.54) is 0 Å². The zero-order valence-electron chi connectivity index (χ0n) is 20.3. The molecule has 33 heavy (non-hydrogen) atoms. The van der Waals surface area contributed by atoms with E-state index in [0.717, 1.165) is 11.4 Å². The molecule has 1 aromatic rings. The van der Waals surface area contributed by atoms with Gasteiger partial charge in [-0.15, -0.1) is 0 Å². The number of nitrogens with one attached hydrogen (secondary N) is 4. The van der Waals surface area contributed by atoms with Crippen molar-refractivity contribution in [3.63, 3.8) is 0 Å². The lowest BCUT2D eigenvalue weighted by molar-refractivity contribution is -0.125. The molecule has 0 aromatic heterocycles. The van der Waals surface area contributed by atoms with Crippen LogP contribution in [0.1, 0.15) is 45.0 Å². The van der Waals surface area contributed by atoms with Crippen LogP contribution < -0.4 is 21.3 Å². The summed E-state index contributed by atoms with van der Waals surface area (Å²) in [5.74, 6) is 5.98. The highest BCUT2D eigenvalue weighted by Gasteiger charge is 2.07. The van der Waals surface area contributed by atoms with E-state index in [2.05, 4.69) is 53.9 Å². The van der Waals surface area contributed by atoms with E-state index >= 15 is 0 Å². The number of benzene rings is 1. The molecule has 0 aliphatic carbocycles. The Morgan fingerprint density at radius 3 is 2.36 bits per heavy atom. The number of ether oxygens (including phenoxy) is 1. The minimum absolute atomic E-state index is 0.0372. The van der Waals surface area contributed by atoms with Gasteiger partial charge in [-0.05, 0) is 31.2 Å². The molecule has 0 saturated heterocycles. The molecule has 0 saturated carbocycles. The van der Waals surface area contributed by atoms with Crippen LogP contribution >= 0.6 is 21.6 Å². The molecule has 0 bridgehead atoms. The van der Waals surface area contributed by atoms with Gasteiger partial charge in [0, 0.05) is 42.1 Å². The summed E-state index contributed by atoms with van der Waals surface area (Å²) in [6.07, 6.45) is 0. The molecule has 184 valence electrons. The number of carbonyl (C=O) groups is 2. The second-order valence-electron chi connectivity index (χ2n) is 7.97. The highest BCUT2D eigenvalue weighted by Crippen LogP contribution is 2.33. The minimum Gasteiger partial charge on any atom is -0.370 e. The summed E-state index contributed by atoms with van der Waals surface area (Å²) in [7, 11) is 3.34. The van der Waals surface area contributed by atoms with Crippen LogP contribution in [0, 0.1) is 17.8 Å². The van der Waals surface area contributed by atoms with Crippen LogP contribution in [0.3, 0.4) is 0 Å². The summed E-state index contributed by atoms with van der Waals surface area (Å²) >= 11 is 0. The topological polar surface area (TPSA) is 91.5 Å². The normalized spacial score (nSPS) is 11.7. The molecule has 0 spiro atoms. The van der Waals surface area contributed by atoms with E-state index < -0.39 is 0 Å². The van der Waals surface area contributed by atoms with Crippen molar-refractivity contribution in [2.75, 3.05) is 39.4 Å². The molecule has 1 unspecified atom stereocenters. The van der Waals surface area contributed by atoms with Crippen LogP contribution in [0.15, 0.2) is 29.2 Å². The second-order valence-corrected chi connectivity index (χ2v) is 10.6. The molecule has 0 heterocycles. The Morgan fingerprint density at radius 1 is 0.970 bits per heavy atom. The van der Waals surface area contributed by atoms with Gasteiger partial charge in [0.1, 0.15) is 6.61 Å². The molecule has 0 aliphatic heterocycles. The summed E-state index contributed by atoms with van der Waals surface area (Å²) in [6, 6.07) is 8.02. The molecular formula is C24H38N4O3S2. The van der Waals surface area contributed by atoms with Crippen LogP contribution in [-0.4, -0.2) is 62.6 Å². The van der Waals surface area contributed by atoms with E-state index in [0.29, 0.717) is 43.8 Å². The molecular weight excluding hydrogens is 456 g/mol. The maximum Gasteiger partial charge on any atom is 0.251 e. The molecule has 2 amide bonds. The Bertz CT molecular complexity index is 761. The van der Waals surface area contributed by atoms with Crippen molar-refractivity contribution in [3.05, 3.63) is 29.8 Å². The van der Waals surface area contributed by atoms with Crippen LogP contribution in [0.25, 0.3) is 0 Å². The van der Waals surface area contributed by atoms with Gasteiger partial charge >= 0.3 is 0 Å². The average Bonchev–Trinajstić information content (AvgIpc) is 2.78. The first-order valence-electron chi connectivity index (χ1n) is 11.3. The highest BCUT2D eigenvalue weighted by atomic mass is 33.1. The van der Waals surface area contributed by atoms with Gasteiger partial charge in [0.2, 0.25) is 5.91 Å². The van der Waals surface area contributed by atoms with Crippen LogP contribution in [0.4, 0.5) is 0 Å². The first-order valence-corrected chi connectivity index (χ1v) is 13.5. The first-order chi connectivity index (χ1) is 15.8. The summed E-state index contributed by atoms with van der Waals surface area (Å²) in [5.41, 5.74) is 0.660. The Labute approximate surface area is 206 Å². The van der Waals surface area contributed by atoms with E-state index in [1.807, 2.05) is 38.1 Å². The fraction of sp³-hybridized carbons (Fsp3) is 0.583. The van der Waals surface area contributed by atoms with Gasteiger partial charge in [0.15, 0.2) is 0 Å². The van der Waals surface area contributed by atoms with E-state index in [1.54, 1.807) is 21.6 Å². The van der Waals surface area contributed by atoms with Gasteiger partial charge in [-0.1, -0.05) is 61.1 Å². The van der Waals surface area contributed by atoms with E-state index in [-0.39, 0.29) is 23.8 Å². The van der Waals surface area contributed by atoms with Gasteiger partial charge in [0.05, 0.1) is 18.5 Å². The quantitative estimate of drug-likeness (QED) is 0.129. The lowest BCUT2D eigenvalue weighted by Crippen LogP contribution is -2.34. The average molecular weight is 495 g/mol. The maximum atomic E-state index is 12.2. The molecule has 1 rings (SSSR count). The van der Waals surface area contributed by atoms with Crippen LogP contribution in [0.5, 0.6) is 0 Å². The van der Waals surface area contributed by atoms with Gasteiger partial charge in [-0.3, -0.25) is 9.59 Å². The summed E-state index contributed by atoms with van der Waals surface area (Å²) < 4.78 is 5.39. The molecule has 1 atom stereocenters. The molecule has 0 fully saturated rings. The lowest BCUT2D eigenvalue weighted by Gasteiger charge is -2.13. The second kappa shape index (κ2) is 17.7. The van der Waals surface area contributed by atoms with Gasteiger partial charge in [-0.25, -0.2) is 0 Å².